The summed E-state index contributed by atoms with van der Waals surface area (Å²) in [5.74, 6) is -1.21. The van der Waals surface area contributed by atoms with Crippen molar-refractivity contribution in [2.75, 3.05) is 36.4 Å². The number of fused-ring (bicyclic) bond motifs is 1. The van der Waals surface area contributed by atoms with E-state index in [9.17, 15) is 18.4 Å². The zero-order valence-electron chi connectivity index (χ0n) is 18.8. The summed E-state index contributed by atoms with van der Waals surface area (Å²) in [6.45, 7) is 1.85. The molecule has 1 saturated heterocycles. The van der Waals surface area contributed by atoms with E-state index in [4.69, 9.17) is 0 Å². The fourth-order valence-corrected chi connectivity index (χ4v) is 4.21. The van der Waals surface area contributed by atoms with Crippen LogP contribution in [0.5, 0.6) is 0 Å². The molecule has 1 aromatic heterocycles. The van der Waals surface area contributed by atoms with Gasteiger partial charge in [-0.1, -0.05) is 42.5 Å². The largest absolute Gasteiger partial charge is 0.348 e. The van der Waals surface area contributed by atoms with E-state index in [0.717, 1.165) is 23.2 Å². The van der Waals surface area contributed by atoms with Crippen LogP contribution < -0.4 is 15.8 Å². The Morgan fingerprint density at radius 1 is 0.914 bits per heavy atom. The number of carbonyl (C=O) groups is 1. The Labute approximate surface area is 200 Å². The summed E-state index contributed by atoms with van der Waals surface area (Å²) >= 11 is 0. The number of hydrogen-bond acceptors (Lipinski definition) is 4. The lowest BCUT2D eigenvalue weighted by Crippen LogP contribution is -2.51. The molecule has 5 rings (SSSR count). The number of para-hydroxylation sites is 2. The van der Waals surface area contributed by atoms with Gasteiger partial charge in [-0.3, -0.25) is 9.36 Å². The standard InChI is InChI=1S/C26H23F2N5O2/c27-19-10-11-21(20(28)16-19)30-26(35)32-14-12-31(13-15-32)24-25(34)33(17-18-6-2-1-3-7-18)23-9-5-4-8-22(23)29-24/h1-11,16H,12-15,17H2,(H,30,35). The fraction of sp³-hybridized carbons (Fsp3) is 0.192. The van der Waals surface area contributed by atoms with Gasteiger partial charge < -0.3 is 15.1 Å². The molecular weight excluding hydrogens is 452 g/mol. The molecule has 0 spiro atoms. The van der Waals surface area contributed by atoms with Gasteiger partial charge in [-0.2, -0.15) is 0 Å². The van der Waals surface area contributed by atoms with Crippen LogP contribution in [-0.2, 0) is 6.54 Å². The molecule has 2 heterocycles. The maximum Gasteiger partial charge on any atom is 0.322 e. The summed E-state index contributed by atoms with van der Waals surface area (Å²) in [6, 6.07) is 19.8. The van der Waals surface area contributed by atoms with Crippen molar-refractivity contribution in [3.8, 4) is 0 Å². The number of carbonyl (C=O) groups excluding carboxylic acids is 1. The molecule has 0 aliphatic carbocycles. The van der Waals surface area contributed by atoms with Crippen molar-refractivity contribution in [2.45, 2.75) is 6.54 Å². The topological polar surface area (TPSA) is 70.5 Å². The van der Waals surface area contributed by atoms with Crippen LogP contribution >= 0.6 is 0 Å². The second-order valence-electron chi connectivity index (χ2n) is 8.33. The number of halogens is 2. The molecule has 0 radical (unpaired) electrons. The molecule has 178 valence electrons. The van der Waals surface area contributed by atoms with E-state index < -0.39 is 17.7 Å². The molecular formula is C26H23F2N5O2. The molecule has 0 atom stereocenters. The van der Waals surface area contributed by atoms with E-state index in [-0.39, 0.29) is 11.2 Å². The third kappa shape index (κ3) is 4.70. The number of hydrogen-bond donors (Lipinski definition) is 1. The second kappa shape index (κ2) is 9.54. The Bertz CT molecular complexity index is 1430. The molecule has 1 N–H and O–H groups in total. The summed E-state index contributed by atoms with van der Waals surface area (Å²) in [4.78, 5) is 34.2. The maximum atomic E-state index is 13.9. The second-order valence-corrected chi connectivity index (χ2v) is 8.33. The minimum absolute atomic E-state index is 0.0844. The Kier molecular flexibility index (Phi) is 6.13. The number of aromatic nitrogens is 2. The van der Waals surface area contributed by atoms with Crippen molar-refractivity contribution in [1.29, 1.82) is 0 Å². The average Bonchev–Trinajstić information content (AvgIpc) is 2.88. The van der Waals surface area contributed by atoms with Gasteiger partial charge in [-0.05, 0) is 29.8 Å². The Hall–Kier alpha value is -4.27. The molecule has 2 amide bonds. The van der Waals surface area contributed by atoms with Gasteiger partial charge in [0.2, 0.25) is 0 Å². The number of nitrogens with one attached hydrogen (secondary N) is 1. The highest BCUT2D eigenvalue weighted by Crippen LogP contribution is 2.19. The molecule has 9 heteroatoms. The highest BCUT2D eigenvalue weighted by molar-refractivity contribution is 5.89. The number of piperazine rings is 1. The fourth-order valence-electron chi connectivity index (χ4n) is 4.21. The van der Waals surface area contributed by atoms with Gasteiger partial charge in [0.05, 0.1) is 23.3 Å². The number of amides is 2. The van der Waals surface area contributed by atoms with Crippen molar-refractivity contribution in [3.63, 3.8) is 0 Å². The molecule has 1 aliphatic rings. The Morgan fingerprint density at radius 3 is 2.37 bits per heavy atom. The van der Waals surface area contributed by atoms with Crippen LogP contribution in [0.2, 0.25) is 0 Å². The maximum absolute atomic E-state index is 13.9. The van der Waals surface area contributed by atoms with Crippen molar-refractivity contribution in [2.24, 2.45) is 0 Å². The van der Waals surface area contributed by atoms with Crippen LogP contribution in [0.15, 0.2) is 77.6 Å². The van der Waals surface area contributed by atoms with E-state index in [1.165, 1.54) is 11.0 Å². The quantitative estimate of drug-likeness (QED) is 0.483. The van der Waals surface area contributed by atoms with E-state index >= 15 is 0 Å². The van der Waals surface area contributed by atoms with E-state index in [1.807, 2.05) is 59.5 Å². The predicted molar refractivity (Wildman–Crippen MR) is 131 cm³/mol. The molecule has 0 unspecified atom stereocenters. The number of nitrogens with zero attached hydrogens (tertiary/aromatic N) is 4. The van der Waals surface area contributed by atoms with Gasteiger partial charge in [0.1, 0.15) is 11.6 Å². The number of anilines is 2. The third-order valence-corrected chi connectivity index (χ3v) is 6.06. The summed E-state index contributed by atoms with van der Waals surface area (Å²) in [6.07, 6.45) is 0. The molecule has 7 nitrogen and oxygen atoms in total. The molecule has 1 fully saturated rings. The van der Waals surface area contributed by atoms with Gasteiger partial charge in [-0.15, -0.1) is 0 Å². The SMILES string of the molecule is O=C(Nc1ccc(F)cc1F)N1CCN(c2nc3ccccc3n(Cc3ccccc3)c2=O)CC1. The van der Waals surface area contributed by atoms with E-state index in [0.29, 0.717) is 44.1 Å². The van der Waals surface area contributed by atoms with Gasteiger partial charge in [-0.25, -0.2) is 18.6 Å². The molecule has 4 aromatic rings. The third-order valence-electron chi connectivity index (χ3n) is 6.06. The lowest BCUT2D eigenvalue weighted by molar-refractivity contribution is 0.208. The highest BCUT2D eigenvalue weighted by Gasteiger charge is 2.25. The first-order valence-corrected chi connectivity index (χ1v) is 11.3. The lowest BCUT2D eigenvalue weighted by Gasteiger charge is -2.35. The number of rotatable bonds is 4. The first kappa shape index (κ1) is 22.5. The number of benzene rings is 3. The zero-order chi connectivity index (χ0) is 24.4. The van der Waals surface area contributed by atoms with Crippen LogP contribution in [0.3, 0.4) is 0 Å². The molecule has 1 aliphatic heterocycles. The predicted octanol–water partition coefficient (Wildman–Crippen LogP) is 4.08. The van der Waals surface area contributed by atoms with Gasteiger partial charge in [0, 0.05) is 32.2 Å². The van der Waals surface area contributed by atoms with Crippen molar-refractivity contribution in [1.82, 2.24) is 14.5 Å². The Morgan fingerprint density at radius 2 is 1.63 bits per heavy atom. The molecule has 35 heavy (non-hydrogen) atoms. The van der Waals surface area contributed by atoms with Crippen molar-refractivity contribution >= 4 is 28.6 Å². The highest BCUT2D eigenvalue weighted by atomic mass is 19.1. The Balaban J connectivity index is 1.35. The van der Waals surface area contributed by atoms with Crippen LogP contribution in [0, 0.1) is 11.6 Å². The van der Waals surface area contributed by atoms with Gasteiger partial charge in [0.15, 0.2) is 5.82 Å². The lowest BCUT2D eigenvalue weighted by atomic mass is 10.2. The average molecular weight is 475 g/mol. The normalized spacial score (nSPS) is 13.8. The number of urea groups is 1. The summed E-state index contributed by atoms with van der Waals surface area (Å²) in [5.41, 5.74) is 2.19. The van der Waals surface area contributed by atoms with Crippen molar-refractivity contribution < 1.29 is 13.6 Å². The summed E-state index contributed by atoms with van der Waals surface area (Å²) in [7, 11) is 0. The zero-order valence-corrected chi connectivity index (χ0v) is 18.8. The van der Waals surface area contributed by atoms with Crippen LogP contribution in [0.4, 0.5) is 25.1 Å². The first-order chi connectivity index (χ1) is 17.0. The van der Waals surface area contributed by atoms with E-state index in [1.54, 1.807) is 4.57 Å². The van der Waals surface area contributed by atoms with Gasteiger partial charge >= 0.3 is 6.03 Å². The van der Waals surface area contributed by atoms with Crippen molar-refractivity contribution in [3.05, 3.63) is 100 Å². The smallest absolute Gasteiger partial charge is 0.322 e. The minimum atomic E-state index is -0.837. The van der Waals surface area contributed by atoms with E-state index in [2.05, 4.69) is 10.3 Å². The molecule has 0 bridgehead atoms. The summed E-state index contributed by atoms with van der Waals surface area (Å²) in [5, 5.41) is 2.48. The van der Waals surface area contributed by atoms with Crippen LogP contribution in [-0.4, -0.2) is 46.7 Å². The van der Waals surface area contributed by atoms with Crippen LogP contribution in [0.25, 0.3) is 11.0 Å². The summed E-state index contributed by atoms with van der Waals surface area (Å²) < 4.78 is 28.7. The van der Waals surface area contributed by atoms with Gasteiger partial charge in [0.25, 0.3) is 5.56 Å². The minimum Gasteiger partial charge on any atom is -0.348 e. The van der Waals surface area contributed by atoms with Crippen LogP contribution in [0.1, 0.15) is 5.56 Å². The molecule has 3 aromatic carbocycles. The molecule has 0 saturated carbocycles. The monoisotopic (exact) mass is 475 g/mol. The first-order valence-electron chi connectivity index (χ1n) is 11.3.